The molecule has 0 aliphatic heterocycles. The van der Waals surface area contributed by atoms with Crippen LogP contribution in [0.5, 0.6) is 0 Å². The van der Waals surface area contributed by atoms with Crippen molar-refractivity contribution in [1.82, 2.24) is 14.7 Å². The van der Waals surface area contributed by atoms with E-state index in [0.29, 0.717) is 18.5 Å². The summed E-state index contributed by atoms with van der Waals surface area (Å²) < 4.78 is 8.52. The summed E-state index contributed by atoms with van der Waals surface area (Å²) in [6.07, 6.45) is 1.66. The molecule has 0 aromatic carbocycles. The van der Waals surface area contributed by atoms with Crippen LogP contribution in [0.3, 0.4) is 0 Å². The second kappa shape index (κ2) is 8.35. The minimum absolute atomic E-state index is 0.265. The van der Waals surface area contributed by atoms with Gasteiger partial charge < -0.3 is 9.64 Å². The van der Waals surface area contributed by atoms with Crippen LogP contribution in [0.2, 0.25) is 0 Å². The second-order valence-electron chi connectivity index (χ2n) is 7.23. The van der Waals surface area contributed by atoms with Gasteiger partial charge in [0, 0.05) is 31.2 Å². The van der Waals surface area contributed by atoms with Crippen LogP contribution in [-0.2, 0) is 4.74 Å². The van der Waals surface area contributed by atoms with Gasteiger partial charge in [-0.1, -0.05) is 6.92 Å². The van der Waals surface area contributed by atoms with Crippen LogP contribution in [0, 0.1) is 3.70 Å². The highest BCUT2D eigenvalue weighted by molar-refractivity contribution is 14.1. The SMILES string of the molecule is CCC(CCN(C)C(=O)OC(C)(C)C)c1cc(I)nn1C(C)C. The fourth-order valence-corrected chi connectivity index (χ4v) is 2.99. The Morgan fingerprint density at radius 3 is 2.52 bits per heavy atom. The van der Waals surface area contributed by atoms with Gasteiger partial charge in [0.1, 0.15) is 9.30 Å². The van der Waals surface area contributed by atoms with Crippen LogP contribution in [0.4, 0.5) is 4.79 Å². The average Bonchev–Trinajstić information content (AvgIpc) is 2.79. The molecule has 0 spiro atoms. The van der Waals surface area contributed by atoms with Gasteiger partial charge in [-0.2, -0.15) is 5.10 Å². The van der Waals surface area contributed by atoms with Crippen LogP contribution < -0.4 is 0 Å². The third-order valence-electron chi connectivity index (χ3n) is 3.65. The van der Waals surface area contributed by atoms with Crippen molar-refractivity contribution in [3.8, 4) is 0 Å². The summed E-state index contributed by atoms with van der Waals surface area (Å²) in [5, 5.41) is 4.59. The molecule has 6 heteroatoms. The zero-order valence-corrected chi connectivity index (χ0v) is 17.5. The van der Waals surface area contributed by atoms with Crippen molar-refractivity contribution >= 4 is 28.7 Å². The lowest BCUT2D eigenvalue weighted by Crippen LogP contribution is -2.35. The lowest BCUT2D eigenvalue weighted by atomic mass is 9.98. The smallest absolute Gasteiger partial charge is 0.410 e. The molecular formula is C17H30IN3O2. The van der Waals surface area contributed by atoms with E-state index in [2.05, 4.69) is 59.2 Å². The molecule has 1 unspecified atom stereocenters. The van der Waals surface area contributed by atoms with Crippen LogP contribution in [-0.4, -0.2) is 40.0 Å². The number of hydrogen-bond donors (Lipinski definition) is 0. The van der Waals surface area contributed by atoms with E-state index < -0.39 is 5.60 Å². The van der Waals surface area contributed by atoms with Crippen molar-refractivity contribution in [2.24, 2.45) is 0 Å². The number of carbonyl (C=O) groups is 1. The lowest BCUT2D eigenvalue weighted by molar-refractivity contribution is 0.0293. The number of aromatic nitrogens is 2. The number of rotatable bonds is 6. The van der Waals surface area contributed by atoms with Crippen molar-refractivity contribution in [2.45, 2.75) is 71.9 Å². The molecule has 0 aliphatic rings. The highest BCUT2D eigenvalue weighted by atomic mass is 127. The summed E-state index contributed by atoms with van der Waals surface area (Å²) in [7, 11) is 1.80. The molecular weight excluding hydrogens is 405 g/mol. The molecule has 1 atom stereocenters. The van der Waals surface area contributed by atoms with E-state index in [1.165, 1.54) is 5.69 Å². The van der Waals surface area contributed by atoms with Crippen LogP contribution in [0.1, 0.15) is 72.0 Å². The Morgan fingerprint density at radius 2 is 2.04 bits per heavy atom. The number of carbonyl (C=O) groups excluding carboxylic acids is 1. The molecule has 0 N–H and O–H groups in total. The van der Waals surface area contributed by atoms with E-state index in [9.17, 15) is 4.79 Å². The fraction of sp³-hybridized carbons (Fsp3) is 0.765. The summed E-state index contributed by atoms with van der Waals surface area (Å²) in [5.41, 5.74) is 0.798. The Morgan fingerprint density at radius 1 is 1.43 bits per heavy atom. The zero-order chi connectivity index (χ0) is 17.8. The summed E-state index contributed by atoms with van der Waals surface area (Å²) in [4.78, 5) is 13.7. The van der Waals surface area contributed by atoms with Gasteiger partial charge >= 0.3 is 6.09 Å². The molecule has 0 fully saturated rings. The molecule has 23 heavy (non-hydrogen) atoms. The van der Waals surface area contributed by atoms with Crippen LogP contribution >= 0.6 is 22.6 Å². The molecule has 1 aromatic rings. The second-order valence-corrected chi connectivity index (χ2v) is 8.33. The highest BCUT2D eigenvalue weighted by Crippen LogP contribution is 2.27. The minimum atomic E-state index is -0.456. The van der Waals surface area contributed by atoms with Gasteiger partial charge in [0.15, 0.2) is 0 Å². The normalized spacial score (nSPS) is 13.3. The molecule has 1 aromatic heterocycles. The standard InChI is InChI=1S/C17H30IN3O2/c1-8-13(14-11-15(18)19-21(14)12(2)3)9-10-20(7)16(22)23-17(4,5)6/h11-13H,8-10H2,1-7H3. The Hall–Kier alpha value is -0.790. The third kappa shape index (κ3) is 6.31. The van der Waals surface area contributed by atoms with Crippen molar-refractivity contribution in [2.75, 3.05) is 13.6 Å². The van der Waals surface area contributed by atoms with E-state index in [1.807, 2.05) is 20.8 Å². The van der Waals surface area contributed by atoms with Gasteiger partial charge in [-0.3, -0.25) is 4.68 Å². The molecule has 0 saturated carbocycles. The number of amides is 1. The molecule has 5 nitrogen and oxygen atoms in total. The van der Waals surface area contributed by atoms with Gasteiger partial charge in [0.05, 0.1) is 0 Å². The summed E-state index contributed by atoms with van der Waals surface area (Å²) in [6.45, 7) is 12.8. The third-order valence-corrected chi connectivity index (χ3v) is 4.18. The van der Waals surface area contributed by atoms with E-state index in [-0.39, 0.29) is 6.09 Å². The molecule has 0 radical (unpaired) electrons. The van der Waals surface area contributed by atoms with E-state index in [1.54, 1.807) is 11.9 Å². The quantitative estimate of drug-likeness (QED) is 0.602. The maximum absolute atomic E-state index is 12.1. The molecule has 0 aliphatic carbocycles. The van der Waals surface area contributed by atoms with E-state index >= 15 is 0 Å². The largest absolute Gasteiger partial charge is 0.444 e. The van der Waals surface area contributed by atoms with E-state index in [4.69, 9.17) is 4.74 Å². The van der Waals surface area contributed by atoms with Crippen molar-refractivity contribution < 1.29 is 9.53 Å². The van der Waals surface area contributed by atoms with Gasteiger partial charge in [-0.05, 0) is 76.1 Å². The Kier molecular flexibility index (Phi) is 7.35. The predicted octanol–water partition coefficient (Wildman–Crippen LogP) is 4.82. The predicted molar refractivity (Wildman–Crippen MR) is 102 cm³/mol. The van der Waals surface area contributed by atoms with Crippen molar-refractivity contribution in [1.29, 1.82) is 0 Å². The molecule has 132 valence electrons. The maximum atomic E-state index is 12.1. The fourth-order valence-electron chi connectivity index (χ4n) is 2.44. The van der Waals surface area contributed by atoms with Crippen molar-refractivity contribution in [3.05, 3.63) is 15.5 Å². The van der Waals surface area contributed by atoms with Gasteiger partial charge in [0.25, 0.3) is 0 Å². The van der Waals surface area contributed by atoms with Crippen molar-refractivity contribution in [3.63, 3.8) is 0 Å². The number of nitrogens with zero attached hydrogens (tertiary/aromatic N) is 3. The number of halogens is 1. The number of ether oxygens (including phenoxy) is 1. The lowest BCUT2D eigenvalue weighted by Gasteiger charge is -2.26. The Balaban J connectivity index is 2.73. The Bertz CT molecular complexity index is 520. The summed E-state index contributed by atoms with van der Waals surface area (Å²) >= 11 is 2.26. The van der Waals surface area contributed by atoms with Gasteiger partial charge in [-0.25, -0.2) is 4.79 Å². The first-order valence-electron chi connectivity index (χ1n) is 8.24. The van der Waals surface area contributed by atoms with Crippen LogP contribution in [0.25, 0.3) is 0 Å². The summed E-state index contributed by atoms with van der Waals surface area (Å²) in [6, 6.07) is 2.49. The zero-order valence-electron chi connectivity index (χ0n) is 15.4. The molecule has 1 heterocycles. The molecule has 0 saturated heterocycles. The molecule has 1 amide bonds. The van der Waals surface area contributed by atoms with Crippen LogP contribution in [0.15, 0.2) is 6.07 Å². The minimum Gasteiger partial charge on any atom is -0.444 e. The average molecular weight is 435 g/mol. The molecule has 1 rings (SSSR count). The first kappa shape index (κ1) is 20.3. The molecule has 0 bridgehead atoms. The van der Waals surface area contributed by atoms with Gasteiger partial charge in [0.2, 0.25) is 0 Å². The summed E-state index contributed by atoms with van der Waals surface area (Å²) in [5.74, 6) is 0.387. The maximum Gasteiger partial charge on any atom is 0.410 e. The first-order valence-corrected chi connectivity index (χ1v) is 9.32. The first-order chi connectivity index (χ1) is 10.5. The highest BCUT2D eigenvalue weighted by Gasteiger charge is 2.22. The number of hydrogen-bond acceptors (Lipinski definition) is 3. The monoisotopic (exact) mass is 435 g/mol. The van der Waals surface area contributed by atoms with Gasteiger partial charge in [-0.15, -0.1) is 0 Å². The Labute approximate surface area is 153 Å². The van der Waals surface area contributed by atoms with E-state index in [0.717, 1.165) is 16.5 Å². The topological polar surface area (TPSA) is 47.4 Å².